The Kier molecular flexibility index (Phi) is 7.34. The van der Waals surface area contributed by atoms with Gasteiger partial charge in [0.25, 0.3) is 0 Å². The summed E-state index contributed by atoms with van der Waals surface area (Å²) in [5, 5.41) is 0. The first-order valence-corrected chi connectivity index (χ1v) is 7.71. The van der Waals surface area contributed by atoms with Crippen LogP contribution in [0.25, 0.3) is 0 Å². The molecule has 1 unspecified atom stereocenters. The number of rotatable bonds is 7. The Labute approximate surface area is 121 Å². The minimum Gasteiger partial charge on any atom is -0.466 e. The Morgan fingerprint density at radius 1 is 1.05 bits per heavy atom. The molecule has 1 saturated carbocycles. The Bertz CT molecular complexity index is 363. The van der Waals surface area contributed by atoms with Crippen LogP contribution in [0.1, 0.15) is 59.3 Å². The first kappa shape index (κ1) is 16.7. The maximum Gasteiger partial charge on any atom is 0.334 e. The van der Waals surface area contributed by atoms with E-state index in [0.717, 1.165) is 37.7 Å². The van der Waals surface area contributed by atoms with Gasteiger partial charge in [0.05, 0.1) is 24.7 Å². The molecule has 0 aliphatic heterocycles. The number of ether oxygens (including phenoxy) is 2. The molecule has 0 aromatic carbocycles. The van der Waals surface area contributed by atoms with Crippen LogP contribution in [-0.2, 0) is 19.1 Å². The van der Waals surface area contributed by atoms with Gasteiger partial charge in [-0.05, 0) is 46.0 Å². The van der Waals surface area contributed by atoms with E-state index in [9.17, 15) is 9.59 Å². The lowest BCUT2D eigenvalue weighted by Gasteiger charge is -2.19. The van der Waals surface area contributed by atoms with Gasteiger partial charge in [0, 0.05) is 0 Å². The molecular weight excluding hydrogens is 256 g/mol. The van der Waals surface area contributed by atoms with Gasteiger partial charge < -0.3 is 9.47 Å². The molecule has 4 heteroatoms. The second-order valence-electron chi connectivity index (χ2n) is 5.04. The standard InChI is InChI=1S/C16H26O4/c1-4-9-13(15(17)19-5-2)14(16(18)20-6-3)12-10-7-8-11-12/h13H,4-11H2,1-3H3. The highest BCUT2D eigenvalue weighted by Gasteiger charge is 2.32. The third-order valence-corrected chi connectivity index (χ3v) is 3.58. The first-order valence-electron chi connectivity index (χ1n) is 7.71. The van der Waals surface area contributed by atoms with Gasteiger partial charge >= 0.3 is 11.9 Å². The minimum atomic E-state index is -0.466. The molecule has 0 N–H and O–H groups in total. The third-order valence-electron chi connectivity index (χ3n) is 3.58. The summed E-state index contributed by atoms with van der Waals surface area (Å²) in [6.07, 6.45) is 5.43. The largest absolute Gasteiger partial charge is 0.466 e. The molecule has 1 atom stereocenters. The van der Waals surface area contributed by atoms with E-state index < -0.39 is 5.92 Å². The molecule has 0 heterocycles. The molecule has 0 aromatic rings. The molecule has 114 valence electrons. The van der Waals surface area contributed by atoms with Gasteiger partial charge in [0.2, 0.25) is 0 Å². The zero-order valence-electron chi connectivity index (χ0n) is 12.9. The number of esters is 2. The van der Waals surface area contributed by atoms with E-state index in [4.69, 9.17) is 9.47 Å². The molecule has 0 saturated heterocycles. The fourth-order valence-electron chi connectivity index (χ4n) is 2.72. The molecule has 0 aromatic heterocycles. The van der Waals surface area contributed by atoms with Crippen LogP contribution in [-0.4, -0.2) is 25.2 Å². The summed E-state index contributed by atoms with van der Waals surface area (Å²) in [5.41, 5.74) is 1.67. The second kappa shape index (κ2) is 8.77. The molecule has 1 aliphatic carbocycles. The number of carbonyl (C=O) groups is 2. The van der Waals surface area contributed by atoms with Crippen molar-refractivity contribution in [2.45, 2.75) is 59.3 Å². The van der Waals surface area contributed by atoms with Gasteiger partial charge in [-0.25, -0.2) is 4.79 Å². The van der Waals surface area contributed by atoms with E-state index in [1.54, 1.807) is 13.8 Å². The molecule has 0 bridgehead atoms. The van der Waals surface area contributed by atoms with Crippen molar-refractivity contribution in [3.8, 4) is 0 Å². The predicted octanol–water partition coefficient (Wildman–Crippen LogP) is 3.40. The van der Waals surface area contributed by atoms with Crippen LogP contribution in [0.15, 0.2) is 11.1 Å². The van der Waals surface area contributed by atoms with Crippen molar-refractivity contribution in [3.63, 3.8) is 0 Å². The van der Waals surface area contributed by atoms with Crippen molar-refractivity contribution in [1.82, 2.24) is 0 Å². The van der Waals surface area contributed by atoms with Crippen LogP contribution in [0.5, 0.6) is 0 Å². The van der Waals surface area contributed by atoms with Crippen molar-refractivity contribution in [3.05, 3.63) is 11.1 Å². The van der Waals surface area contributed by atoms with E-state index in [1.165, 1.54) is 0 Å². The lowest BCUT2D eigenvalue weighted by atomic mass is 9.89. The Morgan fingerprint density at radius 2 is 1.65 bits per heavy atom. The van der Waals surface area contributed by atoms with E-state index in [0.29, 0.717) is 25.2 Å². The fraction of sp³-hybridized carbons (Fsp3) is 0.750. The van der Waals surface area contributed by atoms with Crippen molar-refractivity contribution < 1.29 is 19.1 Å². The van der Waals surface area contributed by atoms with Crippen LogP contribution in [0.2, 0.25) is 0 Å². The van der Waals surface area contributed by atoms with Gasteiger partial charge in [0.15, 0.2) is 0 Å². The van der Waals surface area contributed by atoms with E-state index >= 15 is 0 Å². The summed E-state index contributed by atoms with van der Waals surface area (Å²) in [6.45, 7) is 6.25. The molecule has 1 fully saturated rings. The minimum absolute atomic E-state index is 0.295. The molecule has 0 spiro atoms. The highest BCUT2D eigenvalue weighted by atomic mass is 16.5. The third kappa shape index (κ3) is 4.36. The van der Waals surface area contributed by atoms with E-state index in [-0.39, 0.29) is 11.9 Å². The number of allylic oxidation sites excluding steroid dienone is 1. The lowest BCUT2D eigenvalue weighted by Crippen LogP contribution is -2.26. The summed E-state index contributed by atoms with van der Waals surface area (Å²) in [5.74, 6) is -1.10. The van der Waals surface area contributed by atoms with Crippen molar-refractivity contribution in [2.75, 3.05) is 13.2 Å². The average molecular weight is 282 g/mol. The van der Waals surface area contributed by atoms with E-state index in [1.807, 2.05) is 6.92 Å². The number of hydrogen-bond donors (Lipinski definition) is 0. The monoisotopic (exact) mass is 282 g/mol. The maximum atomic E-state index is 12.3. The van der Waals surface area contributed by atoms with Gasteiger partial charge in [0.1, 0.15) is 0 Å². The second-order valence-corrected chi connectivity index (χ2v) is 5.04. The molecular formula is C16H26O4. The molecule has 20 heavy (non-hydrogen) atoms. The van der Waals surface area contributed by atoms with Crippen LogP contribution < -0.4 is 0 Å². The predicted molar refractivity (Wildman–Crippen MR) is 77.2 cm³/mol. The molecule has 1 rings (SSSR count). The molecule has 4 nitrogen and oxygen atoms in total. The van der Waals surface area contributed by atoms with Crippen LogP contribution >= 0.6 is 0 Å². The Balaban J connectivity index is 3.07. The number of hydrogen-bond acceptors (Lipinski definition) is 4. The summed E-state index contributed by atoms with van der Waals surface area (Å²) >= 11 is 0. The van der Waals surface area contributed by atoms with Crippen molar-refractivity contribution >= 4 is 11.9 Å². The quantitative estimate of drug-likeness (QED) is 0.530. The zero-order valence-corrected chi connectivity index (χ0v) is 12.9. The van der Waals surface area contributed by atoms with Gasteiger partial charge in [-0.2, -0.15) is 0 Å². The van der Waals surface area contributed by atoms with Crippen LogP contribution in [0, 0.1) is 5.92 Å². The van der Waals surface area contributed by atoms with Crippen LogP contribution in [0.4, 0.5) is 0 Å². The summed E-state index contributed by atoms with van der Waals surface area (Å²) < 4.78 is 10.3. The maximum absolute atomic E-state index is 12.3. The van der Waals surface area contributed by atoms with E-state index in [2.05, 4.69) is 0 Å². The normalized spacial score (nSPS) is 15.8. The Morgan fingerprint density at radius 3 is 2.15 bits per heavy atom. The molecule has 1 aliphatic rings. The lowest BCUT2D eigenvalue weighted by molar-refractivity contribution is -0.150. The van der Waals surface area contributed by atoms with Crippen molar-refractivity contribution in [1.29, 1.82) is 0 Å². The highest BCUT2D eigenvalue weighted by molar-refractivity contribution is 5.96. The zero-order chi connectivity index (χ0) is 15.0. The van der Waals surface area contributed by atoms with Gasteiger partial charge in [-0.1, -0.05) is 18.9 Å². The SMILES string of the molecule is CCCC(C(=O)OCC)C(C(=O)OCC)=C1CCCC1. The van der Waals surface area contributed by atoms with Crippen molar-refractivity contribution in [2.24, 2.45) is 5.92 Å². The number of carbonyl (C=O) groups excluding carboxylic acids is 2. The summed E-state index contributed by atoms with van der Waals surface area (Å²) in [7, 11) is 0. The summed E-state index contributed by atoms with van der Waals surface area (Å²) in [4.78, 5) is 24.4. The first-order chi connectivity index (χ1) is 9.65. The highest BCUT2D eigenvalue weighted by Crippen LogP contribution is 2.33. The molecule has 0 radical (unpaired) electrons. The molecule has 0 amide bonds. The average Bonchev–Trinajstić information content (AvgIpc) is 2.92. The van der Waals surface area contributed by atoms with Gasteiger partial charge in [-0.15, -0.1) is 0 Å². The topological polar surface area (TPSA) is 52.6 Å². The van der Waals surface area contributed by atoms with Gasteiger partial charge in [-0.3, -0.25) is 4.79 Å². The smallest absolute Gasteiger partial charge is 0.334 e. The summed E-state index contributed by atoms with van der Waals surface area (Å²) in [6, 6.07) is 0. The fourth-order valence-corrected chi connectivity index (χ4v) is 2.72. The van der Waals surface area contributed by atoms with Crippen LogP contribution in [0.3, 0.4) is 0 Å². The Hall–Kier alpha value is -1.32.